The second kappa shape index (κ2) is 9.18. The third-order valence-electron chi connectivity index (χ3n) is 3.43. The SMILES string of the molecule is Cc1ccc(C(C)NC(=O)CC(C)CNC(=O)OC(C)C)cc1. The van der Waals surface area contributed by atoms with E-state index < -0.39 is 6.09 Å². The van der Waals surface area contributed by atoms with Crippen LogP contribution in [-0.4, -0.2) is 24.6 Å². The van der Waals surface area contributed by atoms with Gasteiger partial charge in [0, 0.05) is 13.0 Å². The van der Waals surface area contributed by atoms with Crippen molar-refractivity contribution >= 4 is 12.0 Å². The predicted octanol–water partition coefficient (Wildman–Crippen LogP) is 3.33. The summed E-state index contributed by atoms with van der Waals surface area (Å²) in [5.74, 6) is 0.0181. The monoisotopic (exact) mass is 320 g/mol. The van der Waals surface area contributed by atoms with Crippen LogP contribution in [0, 0.1) is 12.8 Å². The van der Waals surface area contributed by atoms with Crippen molar-refractivity contribution in [3.63, 3.8) is 0 Å². The number of amides is 2. The van der Waals surface area contributed by atoms with Crippen LogP contribution in [0.25, 0.3) is 0 Å². The lowest BCUT2D eigenvalue weighted by molar-refractivity contribution is -0.122. The molecule has 0 bridgehead atoms. The fourth-order valence-corrected chi connectivity index (χ4v) is 2.14. The minimum absolute atomic E-state index is 0.0235. The summed E-state index contributed by atoms with van der Waals surface area (Å²) in [7, 11) is 0. The molecule has 0 aliphatic heterocycles. The highest BCUT2D eigenvalue weighted by Gasteiger charge is 2.14. The molecule has 2 N–H and O–H groups in total. The molecule has 0 aliphatic rings. The number of alkyl carbamates (subject to hydrolysis) is 1. The summed E-state index contributed by atoms with van der Waals surface area (Å²) in [5.41, 5.74) is 2.27. The summed E-state index contributed by atoms with van der Waals surface area (Å²) in [6, 6.07) is 8.07. The molecule has 0 saturated heterocycles. The van der Waals surface area contributed by atoms with E-state index >= 15 is 0 Å². The first-order valence-electron chi connectivity index (χ1n) is 8.08. The zero-order chi connectivity index (χ0) is 17.4. The molecule has 0 heterocycles. The summed E-state index contributed by atoms with van der Waals surface area (Å²) in [6.07, 6.45) is -0.234. The lowest BCUT2D eigenvalue weighted by Gasteiger charge is -2.17. The maximum Gasteiger partial charge on any atom is 0.407 e. The van der Waals surface area contributed by atoms with Crippen molar-refractivity contribution in [3.8, 4) is 0 Å². The Kier molecular flexibility index (Phi) is 7.59. The van der Waals surface area contributed by atoms with Crippen LogP contribution in [0.4, 0.5) is 4.79 Å². The topological polar surface area (TPSA) is 67.4 Å². The first-order valence-corrected chi connectivity index (χ1v) is 8.08. The maximum absolute atomic E-state index is 12.1. The first-order chi connectivity index (χ1) is 10.8. The number of benzene rings is 1. The summed E-state index contributed by atoms with van der Waals surface area (Å²) in [6.45, 7) is 9.92. The number of ether oxygens (including phenoxy) is 1. The maximum atomic E-state index is 12.1. The van der Waals surface area contributed by atoms with E-state index in [1.165, 1.54) is 5.56 Å². The van der Waals surface area contributed by atoms with Gasteiger partial charge in [-0.05, 0) is 39.2 Å². The minimum atomic E-state index is -0.444. The van der Waals surface area contributed by atoms with Crippen molar-refractivity contribution in [2.45, 2.75) is 53.2 Å². The van der Waals surface area contributed by atoms with E-state index in [0.29, 0.717) is 13.0 Å². The highest BCUT2D eigenvalue weighted by Crippen LogP contribution is 2.13. The third kappa shape index (κ3) is 7.68. The van der Waals surface area contributed by atoms with Crippen LogP contribution in [0.2, 0.25) is 0 Å². The van der Waals surface area contributed by atoms with Crippen LogP contribution < -0.4 is 10.6 Å². The number of nitrogens with one attached hydrogen (secondary N) is 2. The standard InChI is InChI=1S/C18H28N2O3/c1-12(2)23-18(22)19-11-14(4)10-17(21)20-15(5)16-8-6-13(3)7-9-16/h6-9,12,14-15H,10-11H2,1-5H3,(H,19,22)(H,20,21). The van der Waals surface area contributed by atoms with Gasteiger partial charge in [0.25, 0.3) is 0 Å². The van der Waals surface area contributed by atoms with Gasteiger partial charge >= 0.3 is 6.09 Å². The molecule has 0 radical (unpaired) electrons. The van der Waals surface area contributed by atoms with Crippen LogP contribution in [0.1, 0.15) is 51.3 Å². The third-order valence-corrected chi connectivity index (χ3v) is 3.43. The second-order valence-electron chi connectivity index (χ2n) is 6.34. The van der Waals surface area contributed by atoms with Gasteiger partial charge in [-0.1, -0.05) is 36.8 Å². The van der Waals surface area contributed by atoms with Crippen molar-refractivity contribution in [2.75, 3.05) is 6.54 Å². The number of rotatable bonds is 7. The van der Waals surface area contributed by atoms with E-state index in [9.17, 15) is 9.59 Å². The van der Waals surface area contributed by atoms with Gasteiger partial charge in [0.15, 0.2) is 0 Å². The Morgan fingerprint density at radius 3 is 2.26 bits per heavy atom. The molecule has 23 heavy (non-hydrogen) atoms. The van der Waals surface area contributed by atoms with Gasteiger partial charge in [0.05, 0.1) is 12.1 Å². The van der Waals surface area contributed by atoms with Gasteiger partial charge in [-0.25, -0.2) is 4.79 Å². The predicted molar refractivity (Wildman–Crippen MR) is 91.1 cm³/mol. The smallest absolute Gasteiger partial charge is 0.407 e. The average Bonchev–Trinajstić information content (AvgIpc) is 2.44. The van der Waals surface area contributed by atoms with Gasteiger partial charge < -0.3 is 15.4 Å². The van der Waals surface area contributed by atoms with E-state index in [4.69, 9.17) is 4.74 Å². The molecule has 0 aromatic heterocycles. The molecule has 0 fully saturated rings. The van der Waals surface area contributed by atoms with Crippen molar-refractivity contribution in [3.05, 3.63) is 35.4 Å². The largest absolute Gasteiger partial charge is 0.447 e. The second-order valence-corrected chi connectivity index (χ2v) is 6.34. The van der Waals surface area contributed by atoms with Crippen molar-refractivity contribution in [1.82, 2.24) is 10.6 Å². The van der Waals surface area contributed by atoms with Crippen LogP contribution in [0.5, 0.6) is 0 Å². The number of hydrogen-bond acceptors (Lipinski definition) is 3. The number of aryl methyl sites for hydroxylation is 1. The van der Waals surface area contributed by atoms with Crippen LogP contribution in [-0.2, 0) is 9.53 Å². The lowest BCUT2D eigenvalue weighted by Crippen LogP contribution is -2.34. The first kappa shape index (κ1) is 19.0. The fraction of sp³-hybridized carbons (Fsp3) is 0.556. The zero-order valence-corrected chi connectivity index (χ0v) is 14.7. The van der Waals surface area contributed by atoms with Crippen molar-refractivity contribution in [1.29, 1.82) is 0 Å². The molecule has 2 atom stereocenters. The van der Waals surface area contributed by atoms with Crippen LogP contribution in [0.3, 0.4) is 0 Å². The van der Waals surface area contributed by atoms with Crippen molar-refractivity contribution in [2.24, 2.45) is 5.92 Å². The summed E-state index contributed by atoms with van der Waals surface area (Å²) >= 11 is 0. The van der Waals surface area contributed by atoms with E-state index in [0.717, 1.165) is 5.56 Å². The van der Waals surface area contributed by atoms with Gasteiger partial charge in [0.2, 0.25) is 5.91 Å². The van der Waals surface area contributed by atoms with Gasteiger partial charge in [-0.15, -0.1) is 0 Å². The normalized spacial score (nSPS) is 13.3. The Bertz CT molecular complexity index is 512. The molecule has 2 unspecified atom stereocenters. The van der Waals surface area contributed by atoms with Crippen LogP contribution in [0.15, 0.2) is 24.3 Å². The fourth-order valence-electron chi connectivity index (χ4n) is 2.14. The Balaban J connectivity index is 2.34. The molecule has 1 rings (SSSR count). The Hall–Kier alpha value is -2.04. The summed E-state index contributed by atoms with van der Waals surface area (Å²) in [4.78, 5) is 23.5. The zero-order valence-electron chi connectivity index (χ0n) is 14.7. The average molecular weight is 320 g/mol. The van der Waals surface area contributed by atoms with Gasteiger partial charge in [-0.2, -0.15) is 0 Å². The van der Waals surface area contributed by atoms with Crippen molar-refractivity contribution < 1.29 is 14.3 Å². The Labute approximate surface area is 138 Å². The highest BCUT2D eigenvalue weighted by molar-refractivity contribution is 5.76. The molecular formula is C18H28N2O3. The number of carbonyl (C=O) groups is 2. The molecule has 128 valence electrons. The van der Waals surface area contributed by atoms with Gasteiger partial charge in [-0.3, -0.25) is 4.79 Å². The molecule has 0 saturated carbocycles. The van der Waals surface area contributed by atoms with E-state index in [1.807, 2.05) is 45.0 Å². The van der Waals surface area contributed by atoms with E-state index in [-0.39, 0.29) is 24.0 Å². The molecule has 1 aromatic rings. The summed E-state index contributed by atoms with van der Waals surface area (Å²) in [5, 5.41) is 5.65. The highest BCUT2D eigenvalue weighted by atomic mass is 16.6. The minimum Gasteiger partial charge on any atom is -0.447 e. The molecule has 5 heteroatoms. The van der Waals surface area contributed by atoms with Crippen LogP contribution >= 0.6 is 0 Å². The molecule has 2 amide bonds. The number of carbonyl (C=O) groups excluding carboxylic acids is 2. The molecule has 1 aromatic carbocycles. The van der Waals surface area contributed by atoms with E-state index in [2.05, 4.69) is 10.6 Å². The lowest BCUT2D eigenvalue weighted by atomic mass is 10.0. The van der Waals surface area contributed by atoms with Gasteiger partial charge in [0.1, 0.15) is 0 Å². The summed E-state index contributed by atoms with van der Waals surface area (Å²) < 4.78 is 4.99. The molecule has 5 nitrogen and oxygen atoms in total. The molecular weight excluding hydrogens is 292 g/mol. The van der Waals surface area contributed by atoms with E-state index in [1.54, 1.807) is 13.8 Å². The Morgan fingerprint density at radius 2 is 1.70 bits per heavy atom. The molecule has 0 spiro atoms. The number of hydrogen-bond donors (Lipinski definition) is 2. The Morgan fingerprint density at radius 1 is 1.09 bits per heavy atom. The quantitative estimate of drug-likeness (QED) is 0.810. The molecule has 0 aliphatic carbocycles.